The highest BCUT2D eigenvalue weighted by atomic mass is 16.5. The molecule has 292 valence electrons. The highest BCUT2D eigenvalue weighted by Gasteiger charge is 2.40. The number of hydrogen-bond donors (Lipinski definition) is 2. The minimum atomic E-state index is -1.10. The molecule has 1 aliphatic rings. The summed E-state index contributed by atoms with van der Waals surface area (Å²) in [5, 5.41) is 21.8. The van der Waals surface area contributed by atoms with Gasteiger partial charge in [0, 0.05) is 12.0 Å². The molecule has 1 aliphatic heterocycles. The quantitative estimate of drug-likeness (QED) is 0.0892. The van der Waals surface area contributed by atoms with Gasteiger partial charge in [0.05, 0.1) is 19.2 Å². The first-order valence-corrected chi connectivity index (χ1v) is 18.8. The number of carbonyl (C=O) groups excluding carboxylic acids is 3. The van der Waals surface area contributed by atoms with Crippen LogP contribution in [0.1, 0.15) is 136 Å². The summed E-state index contributed by atoms with van der Waals surface area (Å²) in [6.07, 6.45) is 20.3. The normalized spacial score (nSPS) is 14.1. The summed E-state index contributed by atoms with van der Waals surface area (Å²) in [6.45, 7) is 16.8. The molecule has 53 heavy (non-hydrogen) atoms. The van der Waals surface area contributed by atoms with E-state index in [0.29, 0.717) is 0 Å². The lowest BCUT2D eigenvalue weighted by Gasteiger charge is -2.25. The van der Waals surface area contributed by atoms with E-state index in [1.54, 1.807) is 0 Å². The summed E-state index contributed by atoms with van der Waals surface area (Å²) in [5.41, 5.74) is 7.87. The zero-order chi connectivity index (χ0) is 39.5. The topological polar surface area (TPSA) is 123 Å². The largest absolute Gasteiger partial charge is 0.504 e. The molecule has 0 saturated heterocycles. The molecule has 0 spiro atoms. The van der Waals surface area contributed by atoms with Gasteiger partial charge in [-0.05, 0) is 131 Å². The number of phenolic OH excluding ortho intramolecular Hbond substituents is 2. The Morgan fingerprint density at radius 3 is 1.74 bits per heavy atom. The van der Waals surface area contributed by atoms with Crippen molar-refractivity contribution >= 4 is 17.8 Å². The molecule has 1 amide bonds. The molecule has 9 heteroatoms. The SMILES string of the molecule is COC(=O)[C@H](CCC(=O)OC/C=C(/C)CC/C=C(\C)CCC=C(C)C)N1Cc2c(cc(O)c(OC/C=C(/C)CC/C=C(/C)CCC=C(C)C)c2O)C1=O. The Labute approximate surface area is 317 Å². The average Bonchev–Trinajstić information content (AvgIpc) is 3.41. The van der Waals surface area contributed by atoms with Crippen LogP contribution in [0.3, 0.4) is 0 Å². The lowest BCUT2D eigenvalue weighted by atomic mass is 10.1. The van der Waals surface area contributed by atoms with E-state index in [2.05, 4.69) is 65.8 Å². The summed E-state index contributed by atoms with van der Waals surface area (Å²) >= 11 is 0. The van der Waals surface area contributed by atoms with Gasteiger partial charge in [0.15, 0.2) is 11.5 Å². The molecule has 0 bridgehead atoms. The number of hydrogen-bond acceptors (Lipinski definition) is 8. The van der Waals surface area contributed by atoms with Crippen molar-refractivity contribution in [2.24, 2.45) is 0 Å². The number of allylic oxidation sites excluding steroid dienone is 10. The van der Waals surface area contributed by atoms with Gasteiger partial charge in [-0.3, -0.25) is 9.59 Å². The van der Waals surface area contributed by atoms with Crippen LogP contribution in [-0.2, 0) is 25.6 Å². The van der Waals surface area contributed by atoms with Gasteiger partial charge in [-0.2, -0.15) is 0 Å². The van der Waals surface area contributed by atoms with Crippen molar-refractivity contribution in [1.82, 2.24) is 4.90 Å². The van der Waals surface area contributed by atoms with Crippen molar-refractivity contribution in [3.05, 3.63) is 87.1 Å². The predicted molar refractivity (Wildman–Crippen MR) is 212 cm³/mol. The third-order valence-electron chi connectivity index (χ3n) is 9.21. The highest BCUT2D eigenvalue weighted by Crippen LogP contribution is 2.44. The van der Waals surface area contributed by atoms with Crippen LogP contribution in [0.4, 0.5) is 0 Å². The monoisotopic (exact) mass is 733 g/mol. The van der Waals surface area contributed by atoms with Crippen molar-refractivity contribution in [2.75, 3.05) is 20.3 Å². The molecule has 0 fully saturated rings. The number of ether oxygens (including phenoxy) is 3. The Balaban J connectivity index is 1.95. The van der Waals surface area contributed by atoms with E-state index in [4.69, 9.17) is 14.2 Å². The third kappa shape index (κ3) is 15.9. The number of fused-ring (bicyclic) bond motifs is 1. The van der Waals surface area contributed by atoms with E-state index in [1.165, 1.54) is 40.4 Å². The fourth-order valence-electron chi connectivity index (χ4n) is 5.90. The average molecular weight is 734 g/mol. The van der Waals surface area contributed by atoms with Gasteiger partial charge in [-0.1, -0.05) is 57.7 Å². The van der Waals surface area contributed by atoms with E-state index < -0.39 is 23.9 Å². The van der Waals surface area contributed by atoms with Gasteiger partial charge in [-0.15, -0.1) is 0 Å². The smallest absolute Gasteiger partial charge is 0.328 e. The molecular formula is C44H63NO8. The first kappa shape index (κ1) is 44.6. The van der Waals surface area contributed by atoms with Crippen LogP contribution in [0.15, 0.2) is 76.0 Å². The van der Waals surface area contributed by atoms with Crippen LogP contribution in [0.2, 0.25) is 0 Å². The first-order chi connectivity index (χ1) is 25.1. The fraction of sp³-hybridized carbons (Fsp3) is 0.523. The maximum absolute atomic E-state index is 13.4. The Kier molecular flexibility index (Phi) is 19.5. The van der Waals surface area contributed by atoms with E-state index >= 15 is 0 Å². The molecule has 1 aromatic carbocycles. The Morgan fingerprint density at radius 2 is 1.23 bits per heavy atom. The second-order valence-corrected chi connectivity index (χ2v) is 14.5. The fourth-order valence-corrected chi connectivity index (χ4v) is 5.90. The Bertz CT molecular complexity index is 1600. The summed E-state index contributed by atoms with van der Waals surface area (Å²) in [4.78, 5) is 40.1. The van der Waals surface area contributed by atoms with E-state index in [9.17, 15) is 24.6 Å². The Hall–Kier alpha value is -4.53. The zero-order valence-electron chi connectivity index (χ0n) is 33.6. The van der Waals surface area contributed by atoms with Crippen molar-refractivity contribution in [3.8, 4) is 17.2 Å². The number of carbonyl (C=O) groups is 3. The molecule has 0 saturated carbocycles. The van der Waals surface area contributed by atoms with Crippen LogP contribution in [0, 0.1) is 0 Å². The van der Waals surface area contributed by atoms with Gasteiger partial charge < -0.3 is 29.3 Å². The van der Waals surface area contributed by atoms with Crippen LogP contribution < -0.4 is 4.74 Å². The summed E-state index contributed by atoms with van der Waals surface area (Å²) < 4.78 is 16.1. The molecule has 2 N–H and O–H groups in total. The first-order valence-electron chi connectivity index (χ1n) is 18.8. The minimum Gasteiger partial charge on any atom is -0.504 e. The maximum Gasteiger partial charge on any atom is 0.328 e. The number of benzene rings is 1. The molecule has 0 radical (unpaired) electrons. The van der Waals surface area contributed by atoms with Crippen LogP contribution in [0.25, 0.3) is 0 Å². The Morgan fingerprint density at radius 1 is 0.736 bits per heavy atom. The lowest BCUT2D eigenvalue weighted by Crippen LogP contribution is -2.42. The van der Waals surface area contributed by atoms with Gasteiger partial charge in [0.1, 0.15) is 19.3 Å². The van der Waals surface area contributed by atoms with Crippen LogP contribution in [0.5, 0.6) is 17.2 Å². The number of esters is 2. The zero-order valence-corrected chi connectivity index (χ0v) is 33.6. The number of aromatic hydroxyl groups is 2. The van der Waals surface area contributed by atoms with Crippen molar-refractivity contribution in [1.29, 1.82) is 0 Å². The molecule has 0 aliphatic carbocycles. The van der Waals surface area contributed by atoms with Gasteiger partial charge >= 0.3 is 11.9 Å². The molecule has 1 heterocycles. The number of amides is 1. The maximum atomic E-state index is 13.4. The van der Waals surface area contributed by atoms with E-state index in [1.807, 2.05) is 26.0 Å². The minimum absolute atomic E-state index is 0.0326. The molecule has 2 rings (SSSR count). The van der Waals surface area contributed by atoms with E-state index in [-0.39, 0.29) is 61.0 Å². The summed E-state index contributed by atoms with van der Waals surface area (Å²) in [6, 6.07) is 0.142. The molecule has 9 nitrogen and oxygen atoms in total. The number of methoxy groups -OCH3 is 1. The van der Waals surface area contributed by atoms with Crippen molar-refractivity contribution in [3.63, 3.8) is 0 Å². The van der Waals surface area contributed by atoms with E-state index in [0.717, 1.165) is 62.5 Å². The molecule has 1 atom stereocenters. The van der Waals surface area contributed by atoms with Crippen LogP contribution in [-0.4, -0.2) is 59.3 Å². The second kappa shape index (κ2) is 23.2. The number of nitrogens with zero attached hydrogens (tertiary/aromatic N) is 1. The van der Waals surface area contributed by atoms with Gasteiger partial charge in [0.25, 0.3) is 5.91 Å². The number of phenols is 2. The second-order valence-electron chi connectivity index (χ2n) is 14.5. The van der Waals surface area contributed by atoms with Crippen molar-refractivity contribution < 1.29 is 38.8 Å². The molecule has 1 aromatic rings. The van der Waals surface area contributed by atoms with Crippen molar-refractivity contribution in [2.45, 2.75) is 132 Å². The van der Waals surface area contributed by atoms with Gasteiger partial charge in [0.2, 0.25) is 5.75 Å². The van der Waals surface area contributed by atoms with Crippen LogP contribution >= 0.6 is 0 Å². The predicted octanol–water partition coefficient (Wildman–Crippen LogP) is 10.1. The summed E-state index contributed by atoms with van der Waals surface area (Å²) in [5.74, 6) is -2.66. The lowest BCUT2D eigenvalue weighted by molar-refractivity contribution is -0.147. The van der Waals surface area contributed by atoms with Gasteiger partial charge in [-0.25, -0.2) is 4.79 Å². The third-order valence-corrected chi connectivity index (χ3v) is 9.21. The highest BCUT2D eigenvalue weighted by molar-refractivity contribution is 6.02. The molecular weight excluding hydrogens is 670 g/mol. The number of rotatable bonds is 22. The standard InChI is InChI=1S/C44H63NO8/c1-30(2)14-10-16-32(5)18-12-20-34(7)24-26-52-40(47)23-22-38(44(50)51-9)45-29-37-36(43(45)49)28-39(46)42(41(37)48)53-27-25-35(8)21-13-19-33(6)17-11-15-31(3)4/h14-15,18-19,24-25,28,38,46,48H,10-13,16-17,20-23,26-27,29H2,1-9H3/b32-18+,33-19-,34-24-,35-25-/t38-/m0/s1. The molecule has 0 unspecified atom stereocenters. The summed E-state index contributed by atoms with van der Waals surface area (Å²) in [7, 11) is 1.21. The molecule has 0 aromatic heterocycles.